The summed E-state index contributed by atoms with van der Waals surface area (Å²) in [6.45, 7) is 18.3. The Morgan fingerprint density at radius 2 is 1.61 bits per heavy atom. The van der Waals surface area contributed by atoms with E-state index in [9.17, 15) is 29.5 Å². The summed E-state index contributed by atoms with van der Waals surface area (Å²) in [5, 5.41) is 26.0. The van der Waals surface area contributed by atoms with E-state index in [0.29, 0.717) is 55.1 Å². The van der Waals surface area contributed by atoms with Gasteiger partial charge in [-0.15, -0.1) is 0 Å². The van der Waals surface area contributed by atoms with Crippen LogP contribution >= 0.6 is 0 Å². The van der Waals surface area contributed by atoms with Gasteiger partial charge in [0, 0.05) is 66.8 Å². The Bertz CT molecular complexity index is 2340. The molecule has 2 fully saturated rings. The summed E-state index contributed by atoms with van der Waals surface area (Å²) >= 11 is 0. The number of aliphatic hydroxyl groups is 1. The molecule has 0 bridgehead atoms. The van der Waals surface area contributed by atoms with Crippen molar-refractivity contribution in [2.75, 3.05) is 26.4 Å². The van der Waals surface area contributed by atoms with Crippen LogP contribution in [-0.4, -0.2) is 96.4 Å². The summed E-state index contributed by atoms with van der Waals surface area (Å²) in [7, 11) is 0. The predicted molar refractivity (Wildman–Crippen MR) is 254 cm³/mol. The third-order valence-corrected chi connectivity index (χ3v) is 13.3. The van der Waals surface area contributed by atoms with E-state index in [1.165, 1.54) is 10.5 Å². The Morgan fingerprint density at radius 1 is 0.939 bits per heavy atom. The summed E-state index contributed by atoms with van der Waals surface area (Å²) in [6, 6.07) is 21.0. The van der Waals surface area contributed by atoms with E-state index < -0.39 is 35.4 Å². The number of rotatable bonds is 19. The molecule has 6 rings (SSSR count). The molecule has 1 saturated heterocycles. The fraction of sp³-hybridized carbons (Fsp3) is 0.509. The lowest BCUT2D eigenvalue weighted by molar-refractivity contribution is -0.164. The van der Waals surface area contributed by atoms with Crippen molar-refractivity contribution in [2.24, 2.45) is 21.2 Å². The molecule has 352 valence electrons. The number of benzene rings is 3. The molecule has 3 aliphatic rings. The Morgan fingerprint density at radius 3 is 2.23 bits per heavy atom. The summed E-state index contributed by atoms with van der Waals surface area (Å²) in [4.78, 5) is 59.8. The van der Waals surface area contributed by atoms with Crippen molar-refractivity contribution in [2.45, 2.75) is 131 Å². The number of nitrogens with one attached hydrogen (secondary N) is 2. The number of aliphatic imine (C=N–C) groups is 1. The van der Waals surface area contributed by atoms with Gasteiger partial charge in [-0.2, -0.15) is 5.26 Å². The van der Waals surface area contributed by atoms with Gasteiger partial charge in [0.05, 0.1) is 30.4 Å². The molecular formula is C53H67N5O8. The van der Waals surface area contributed by atoms with Crippen molar-refractivity contribution in [3.63, 3.8) is 0 Å². The molecule has 2 heterocycles. The van der Waals surface area contributed by atoms with E-state index in [0.717, 1.165) is 28.8 Å². The number of carbonyl (C=O) groups excluding carboxylic acids is 4. The Hall–Kier alpha value is -5.84. The van der Waals surface area contributed by atoms with Gasteiger partial charge in [-0.1, -0.05) is 72.7 Å². The number of nitrogens with zero attached hydrogens (tertiary/aromatic N) is 3. The quantitative estimate of drug-likeness (QED) is 0.102. The highest BCUT2D eigenvalue weighted by atomic mass is 16.5. The molecule has 1 saturated carbocycles. The Kier molecular flexibility index (Phi) is 15.6. The molecule has 3 atom stereocenters. The number of ether oxygens (including phenoxy) is 3. The van der Waals surface area contributed by atoms with Crippen LogP contribution in [0.5, 0.6) is 11.5 Å². The van der Waals surface area contributed by atoms with Crippen LogP contribution in [0.2, 0.25) is 0 Å². The van der Waals surface area contributed by atoms with Gasteiger partial charge >= 0.3 is 0 Å². The van der Waals surface area contributed by atoms with Gasteiger partial charge in [0.15, 0.2) is 5.78 Å². The average Bonchev–Trinajstić information content (AvgIpc) is 3.89. The minimum Gasteiger partial charge on any atom is -0.494 e. The van der Waals surface area contributed by atoms with E-state index in [1.54, 1.807) is 30.3 Å². The number of amides is 3. The van der Waals surface area contributed by atoms with Gasteiger partial charge in [0.2, 0.25) is 11.8 Å². The zero-order chi connectivity index (χ0) is 48.0. The fourth-order valence-electron chi connectivity index (χ4n) is 9.86. The van der Waals surface area contributed by atoms with Crippen LogP contribution in [0.15, 0.2) is 77.4 Å². The topological polar surface area (TPSA) is 180 Å². The molecule has 13 heteroatoms. The lowest BCUT2D eigenvalue weighted by atomic mass is 9.49. The maximum Gasteiger partial charge on any atom is 0.251 e. The molecule has 3 aromatic carbocycles. The van der Waals surface area contributed by atoms with Gasteiger partial charge < -0.3 is 34.9 Å². The number of aliphatic hydroxyl groups excluding tert-OH is 1. The number of carbonyl (C=O) groups is 4. The molecule has 13 nitrogen and oxygen atoms in total. The van der Waals surface area contributed by atoms with Gasteiger partial charge in [-0.05, 0) is 103 Å². The summed E-state index contributed by atoms with van der Waals surface area (Å²) in [6.07, 6.45) is 3.92. The number of hydrogen-bond donors (Lipinski definition) is 3. The standard InChI is InChI=1S/C53H67N5O8/c1-33-28-41(22-19-38(33)30-54)66-50-52(6,7)49(53(50,8)9)57-47(62)37-17-20-40(21-18-37)65-27-11-10-26-64-32-45(61)56-46(51(3,4)5)48(63)58-31-39(59)29-43(58)44(60)23-14-35-12-15-36(16-13-35)42-24-25-55-34(42)2/h12-13,15-22,25,28,39,43,46,49-50,59H,10-11,14,23-24,26-27,29,31-32H2,1-9H3,(H,56,61)(H,57,62)/t39-,43+,46-,49?,50?/m1/s1. The summed E-state index contributed by atoms with van der Waals surface area (Å²) in [5.41, 5.74) is 4.95. The first-order valence-corrected chi connectivity index (χ1v) is 23.1. The first-order chi connectivity index (χ1) is 31.2. The molecule has 3 aromatic rings. The number of nitriles is 1. The number of aryl methyl sites for hydroxylation is 2. The summed E-state index contributed by atoms with van der Waals surface area (Å²) in [5.74, 6) is 0.191. The van der Waals surface area contributed by atoms with E-state index in [-0.39, 0.29) is 60.7 Å². The highest BCUT2D eigenvalue weighted by Gasteiger charge is 2.64. The fourth-order valence-corrected chi connectivity index (χ4v) is 9.86. The molecule has 0 aromatic heterocycles. The molecular weight excluding hydrogens is 835 g/mol. The van der Waals surface area contributed by atoms with Gasteiger partial charge in [-0.25, -0.2) is 0 Å². The van der Waals surface area contributed by atoms with Crippen LogP contribution in [0.3, 0.4) is 0 Å². The lowest BCUT2D eigenvalue weighted by Crippen LogP contribution is -2.74. The lowest BCUT2D eigenvalue weighted by Gasteiger charge is -2.63. The van der Waals surface area contributed by atoms with Crippen molar-refractivity contribution in [1.29, 1.82) is 5.26 Å². The monoisotopic (exact) mass is 901 g/mol. The zero-order valence-electron chi connectivity index (χ0n) is 40.0. The van der Waals surface area contributed by atoms with Gasteiger partial charge in [0.1, 0.15) is 30.3 Å². The molecule has 3 amide bonds. The van der Waals surface area contributed by atoms with Gasteiger partial charge in [0.25, 0.3) is 5.91 Å². The van der Waals surface area contributed by atoms with E-state index in [2.05, 4.69) is 61.5 Å². The Balaban J connectivity index is 0.894. The van der Waals surface area contributed by atoms with Crippen LogP contribution in [0.25, 0.3) is 5.57 Å². The number of hydrogen-bond acceptors (Lipinski definition) is 10. The SMILES string of the molecule is CC1=C(c2ccc(CCC(=O)[C@@H]3C[C@@H](O)CN3C(=O)[C@@H](NC(=O)COCCCCOc3ccc(C(=O)NC4C(C)(C)C(Oc5ccc(C#N)c(C)c5)C4(C)C)cc3)C(C)(C)C)cc2)CC=N1. The number of Topliss-reactive ketones (excluding diaryl/α,β-unsaturated/α-hetero) is 1. The minimum absolute atomic E-state index is 0.0262. The van der Waals surface area contributed by atoms with Crippen molar-refractivity contribution in [3.8, 4) is 17.6 Å². The molecule has 0 unspecified atom stereocenters. The van der Waals surface area contributed by atoms with Crippen LogP contribution in [0.1, 0.15) is 120 Å². The van der Waals surface area contributed by atoms with Crippen LogP contribution < -0.4 is 20.1 Å². The average molecular weight is 902 g/mol. The van der Waals surface area contributed by atoms with Crippen LogP contribution in [0, 0.1) is 34.5 Å². The van der Waals surface area contributed by atoms with Crippen molar-refractivity contribution in [3.05, 3.63) is 100 Å². The highest BCUT2D eigenvalue weighted by molar-refractivity contribution is 5.95. The largest absolute Gasteiger partial charge is 0.494 e. The second-order valence-electron chi connectivity index (χ2n) is 20.3. The first-order valence-electron chi connectivity index (χ1n) is 23.1. The van der Waals surface area contributed by atoms with Crippen LogP contribution in [-0.2, 0) is 25.5 Å². The predicted octanol–water partition coefficient (Wildman–Crippen LogP) is 7.55. The van der Waals surface area contributed by atoms with Crippen LogP contribution in [0.4, 0.5) is 0 Å². The van der Waals surface area contributed by atoms with E-state index >= 15 is 0 Å². The maximum atomic E-state index is 14.0. The molecule has 0 spiro atoms. The molecule has 3 N–H and O–H groups in total. The molecule has 1 aliphatic carbocycles. The zero-order valence-corrected chi connectivity index (χ0v) is 40.0. The van der Waals surface area contributed by atoms with E-state index in [4.69, 9.17) is 14.2 Å². The number of unbranched alkanes of at least 4 members (excludes halogenated alkanes) is 1. The molecule has 2 aliphatic heterocycles. The van der Waals surface area contributed by atoms with Crippen molar-refractivity contribution < 1.29 is 38.5 Å². The number of ketones is 1. The molecule has 66 heavy (non-hydrogen) atoms. The second-order valence-corrected chi connectivity index (χ2v) is 20.3. The third-order valence-electron chi connectivity index (χ3n) is 13.3. The van der Waals surface area contributed by atoms with Crippen molar-refractivity contribution >= 4 is 35.3 Å². The summed E-state index contributed by atoms with van der Waals surface area (Å²) < 4.78 is 18.0. The maximum absolute atomic E-state index is 14.0. The number of allylic oxidation sites excluding steroid dienone is 2. The molecule has 0 radical (unpaired) electrons. The normalized spacial score (nSPS) is 21.1. The van der Waals surface area contributed by atoms with Crippen molar-refractivity contribution in [1.82, 2.24) is 15.5 Å². The van der Waals surface area contributed by atoms with Gasteiger partial charge in [-0.3, -0.25) is 24.2 Å². The Labute approximate surface area is 390 Å². The second kappa shape index (κ2) is 20.8. The number of β-amino-alcohol motifs (C(OH)–C–C–N with tert-alkyl or cyclic N) is 1. The highest BCUT2D eigenvalue weighted by Crippen LogP contribution is 2.55. The minimum atomic E-state index is -0.931. The number of likely N-dealkylation sites (tertiary alicyclic amines) is 1. The first kappa shape index (κ1) is 49.6. The van der Waals surface area contributed by atoms with E-state index in [1.807, 2.05) is 65.1 Å². The smallest absolute Gasteiger partial charge is 0.251 e. The third kappa shape index (κ3) is 11.6.